The summed E-state index contributed by atoms with van der Waals surface area (Å²) in [6.45, 7) is 3.95. The van der Waals surface area contributed by atoms with Gasteiger partial charge in [-0.3, -0.25) is 0 Å². The van der Waals surface area contributed by atoms with Crippen LogP contribution >= 0.6 is 11.6 Å². The number of methoxy groups -OCH3 is 1. The predicted octanol–water partition coefficient (Wildman–Crippen LogP) is 3.89. The van der Waals surface area contributed by atoms with Crippen molar-refractivity contribution in [3.8, 4) is 11.8 Å². The molecule has 2 bridgehead atoms. The maximum absolute atomic E-state index is 13.7. The van der Waals surface area contributed by atoms with Crippen LogP contribution in [0.15, 0.2) is 30.6 Å². The highest BCUT2D eigenvalue weighted by Crippen LogP contribution is 2.40. The van der Waals surface area contributed by atoms with Gasteiger partial charge in [-0.2, -0.15) is 9.67 Å². The SMILES string of the molecule is COCn1nc(N[C@@H]2[C@@H]3CC[C@H]2CN(c2cc(C)ncn2)C3)nc1Oc1cc(F)cc(Cl)c1. The van der Waals surface area contributed by atoms with Crippen molar-refractivity contribution in [2.45, 2.75) is 32.5 Å². The molecule has 2 fully saturated rings. The first-order valence-corrected chi connectivity index (χ1v) is 11.2. The molecule has 3 atom stereocenters. The van der Waals surface area contributed by atoms with E-state index in [4.69, 9.17) is 21.1 Å². The highest BCUT2D eigenvalue weighted by atomic mass is 35.5. The number of nitrogens with zero attached hydrogens (tertiary/aromatic N) is 6. The molecule has 2 aliphatic rings. The van der Waals surface area contributed by atoms with E-state index in [0.29, 0.717) is 17.8 Å². The molecule has 1 saturated carbocycles. The number of rotatable bonds is 7. The molecule has 1 N–H and O–H groups in total. The lowest BCUT2D eigenvalue weighted by molar-refractivity contribution is 0.113. The maximum atomic E-state index is 13.7. The van der Waals surface area contributed by atoms with E-state index in [0.717, 1.165) is 37.4 Å². The van der Waals surface area contributed by atoms with Crippen LogP contribution in [0, 0.1) is 24.6 Å². The lowest BCUT2D eigenvalue weighted by Gasteiger charge is -2.38. The van der Waals surface area contributed by atoms with Crippen molar-refractivity contribution in [1.29, 1.82) is 0 Å². The summed E-state index contributed by atoms with van der Waals surface area (Å²) in [4.78, 5) is 15.5. The molecule has 0 amide bonds. The van der Waals surface area contributed by atoms with Gasteiger partial charge in [-0.1, -0.05) is 11.6 Å². The molecule has 3 aromatic rings. The second kappa shape index (κ2) is 9.11. The van der Waals surface area contributed by atoms with Crippen LogP contribution in [0.4, 0.5) is 16.2 Å². The summed E-state index contributed by atoms with van der Waals surface area (Å²) in [6, 6.07) is 6.46. The summed E-state index contributed by atoms with van der Waals surface area (Å²) in [5.41, 5.74) is 0.965. The molecular formula is C22H25ClFN7O2. The Morgan fingerprint density at radius 2 is 1.94 bits per heavy atom. The molecule has 1 aliphatic carbocycles. The van der Waals surface area contributed by atoms with Gasteiger partial charge in [0.15, 0.2) is 0 Å². The van der Waals surface area contributed by atoms with Gasteiger partial charge in [0.25, 0.3) is 0 Å². The Morgan fingerprint density at radius 1 is 1.15 bits per heavy atom. The van der Waals surface area contributed by atoms with Crippen molar-refractivity contribution in [2.24, 2.45) is 11.8 Å². The number of aryl methyl sites for hydroxylation is 1. The zero-order valence-electron chi connectivity index (χ0n) is 18.4. The van der Waals surface area contributed by atoms with Gasteiger partial charge in [0.05, 0.1) is 0 Å². The minimum Gasteiger partial charge on any atom is -0.424 e. The second-order valence-electron chi connectivity index (χ2n) is 8.53. The van der Waals surface area contributed by atoms with Gasteiger partial charge >= 0.3 is 6.01 Å². The third-order valence-corrected chi connectivity index (χ3v) is 6.40. The van der Waals surface area contributed by atoms with E-state index in [2.05, 4.69) is 30.3 Å². The first-order valence-electron chi connectivity index (χ1n) is 10.9. The van der Waals surface area contributed by atoms with E-state index in [1.807, 2.05) is 13.0 Å². The Kier molecular flexibility index (Phi) is 6.03. The molecule has 5 rings (SSSR count). The van der Waals surface area contributed by atoms with Crippen molar-refractivity contribution < 1.29 is 13.9 Å². The molecule has 1 saturated heterocycles. The molecule has 2 aromatic heterocycles. The quantitative estimate of drug-likeness (QED) is 0.552. The van der Waals surface area contributed by atoms with Crippen LogP contribution in [-0.4, -0.2) is 51.0 Å². The highest BCUT2D eigenvalue weighted by molar-refractivity contribution is 6.30. The molecule has 11 heteroatoms. The van der Waals surface area contributed by atoms with Crippen LogP contribution in [-0.2, 0) is 11.5 Å². The zero-order valence-corrected chi connectivity index (χ0v) is 19.2. The second-order valence-corrected chi connectivity index (χ2v) is 8.97. The zero-order chi connectivity index (χ0) is 22.9. The van der Waals surface area contributed by atoms with E-state index in [9.17, 15) is 4.39 Å². The number of piperidine rings is 1. The van der Waals surface area contributed by atoms with Crippen LogP contribution in [0.5, 0.6) is 11.8 Å². The van der Waals surface area contributed by atoms with Crippen LogP contribution < -0.4 is 15.0 Å². The van der Waals surface area contributed by atoms with Gasteiger partial charge in [0, 0.05) is 49.1 Å². The van der Waals surface area contributed by atoms with E-state index < -0.39 is 5.82 Å². The normalized spacial score (nSPS) is 21.9. The third kappa shape index (κ3) is 4.72. The van der Waals surface area contributed by atoms with Crippen LogP contribution in [0.2, 0.25) is 5.02 Å². The smallest absolute Gasteiger partial charge is 0.324 e. The summed E-state index contributed by atoms with van der Waals surface area (Å²) in [5, 5.41) is 8.26. The molecule has 33 heavy (non-hydrogen) atoms. The van der Waals surface area contributed by atoms with Crippen molar-refractivity contribution in [3.63, 3.8) is 0 Å². The topological polar surface area (TPSA) is 90.2 Å². The molecule has 9 nitrogen and oxygen atoms in total. The Bertz CT molecular complexity index is 1110. The number of ether oxygens (including phenoxy) is 2. The van der Waals surface area contributed by atoms with E-state index in [1.165, 1.54) is 22.9 Å². The van der Waals surface area contributed by atoms with Gasteiger partial charge in [-0.25, -0.2) is 14.4 Å². The van der Waals surface area contributed by atoms with E-state index in [1.54, 1.807) is 13.4 Å². The number of nitrogens with one attached hydrogen (secondary N) is 1. The third-order valence-electron chi connectivity index (χ3n) is 6.18. The number of fused-ring (bicyclic) bond motifs is 2. The molecule has 0 radical (unpaired) electrons. The summed E-state index contributed by atoms with van der Waals surface area (Å²) in [6.07, 6.45) is 3.89. The van der Waals surface area contributed by atoms with Crippen molar-refractivity contribution in [2.75, 3.05) is 30.4 Å². The fraction of sp³-hybridized carbons (Fsp3) is 0.455. The van der Waals surface area contributed by atoms with Gasteiger partial charge in [0.1, 0.15) is 30.4 Å². The minimum absolute atomic E-state index is 0.144. The standard InChI is InChI=1S/C22H25ClFN7O2/c1-13-5-19(26-11-25-13)30-9-14-3-4-15(10-30)20(14)27-21-28-22(31(29-21)12-32-2)33-18-7-16(23)6-17(24)8-18/h5-8,11,14-15,20H,3-4,9-10,12H2,1-2H3,(H,27,29)/t14-,15+,20-. The average Bonchev–Trinajstić information content (AvgIpc) is 3.22. The summed E-state index contributed by atoms with van der Waals surface area (Å²) in [7, 11) is 1.56. The van der Waals surface area contributed by atoms with Crippen LogP contribution in [0.1, 0.15) is 18.5 Å². The first-order chi connectivity index (χ1) is 16.0. The van der Waals surface area contributed by atoms with Crippen molar-refractivity contribution >= 4 is 23.4 Å². The molecule has 1 aromatic carbocycles. The fourth-order valence-electron chi connectivity index (χ4n) is 4.77. The maximum Gasteiger partial charge on any atom is 0.324 e. The van der Waals surface area contributed by atoms with Gasteiger partial charge in [-0.05, 0) is 43.7 Å². The number of hydrogen-bond acceptors (Lipinski definition) is 8. The fourth-order valence-corrected chi connectivity index (χ4v) is 4.98. The number of benzene rings is 1. The Labute approximate surface area is 195 Å². The number of hydrogen-bond donors (Lipinski definition) is 1. The number of aromatic nitrogens is 5. The van der Waals surface area contributed by atoms with Crippen LogP contribution in [0.3, 0.4) is 0 Å². The Balaban J connectivity index is 1.32. The lowest BCUT2D eigenvalue weighted by Crippen LogP contribution is -2.48. The van der Waals surface area contributed by atoms with E-state index >= 15 is 0 Å². The average molecular weight is 474 g/mol. The molecule has 0 spiro atoms. The van der Waals surface area contributed by atoms with Crippen molar-refractivity contribution in [3.05, 3.63) is 47.1 Å². The number of anilines is 2. The van der Waals surface area contributed by atoms with Crippen LogP contribution in [0.25, 0.3) is 0 Å². The number of halogens is 2. The summed E-state index contributed by atoms with van der Waals surface area (Å²) < 4.78 is 26.2. The molecule has 1 aliphatic heterocycles. The Hall–Kier alpha value is -2.98. The van der Waals surface area contributed by atoms with Gasteiger partial charge in [-0.15, -0.1) is 5.10 Å². The predicted molar refractivity (Wildman–Crippen MR) is 121 cm³/mol. The minimum atomic E-state index is -0.490. The summed E-state index contributed by atoms with van der Waals surface area (Å²) in [5.74, 6) is 2.07. The lowest BCUT2D eigenvalue weighted by atomic mass is 9.92. The molecule has 0 unspecified atom stereocenters. The molecule has 174 valence electrons. The van der Waals surface area contributed by atoms with Gasteiger partial charge < -0.3 is 19.7 Å². The monoisotopic (exact) mass is 473 g/mol. The van der Waals surface area contributed by atoms with Crippen molar-refractivity contribution in [1.82, 2.24) is 24.7 Å². The first kappa shape index (κ1) is 21.8. The van der Waals surface area contributed by atoms with Gasteiger partial charge in [0.2, 0.25) is 5.95 Å². The Morgan fingerprint density at radius 3 is 2.64 bits per heavy atom. The largest absolute Gasteiger partial charge is 0.424 e. The highest BCUT2D eigenvalue weighted by Gasteiger charge is 2.43. The molecular weight excluding hydrogens is 449 g/mol. The van der Waals surface area contributed by atoms with E-state index in [-0.39, 0.29) is 29.6 Å². The molecule has 3 heterocycles. The summed E-state index contributed by atoms with van der Waals surface area (Å²) >= 11 is 5.94.